The molecule has 0 amide bonds. The fourth-order valence-electron chi connectivity index (χ4n) is 5.01. The van der Waals surface area contributed by atoms with E-state index in [1.54, 1.807) is 13.2 Å². The maximum Gasteiger partial charge on any atom is 0.129 e. The lowest BCUT2D eigenvalue weighted by molar-refractivity contribution is 0.200. The number of rotatable bonds is 8. The molecule has 0 unspecified atom stereocenters. The minimum atomic E-state index is -0.255. The zero-order chi connectivity index (χ0) is 23.4. The van der Waals surface area contributed by atoms with Gasteiger partial charge in [-0.3, -0.25) is 0 Å². The molecule has 6 heteroatoms. The van der Waals surface area contributed by atoms with Crippen molar-refractivity contribution in [3.05, 3.63) is 58.9 Å². The molecular formula is C27H35FN4O. The van der Waals surface area contributed by atoms with Crippen LogP contribution in [0.4, 0.5) is 4.39 Å². The van der Waals surface area contributed by atoms with Crippen LogP contribution >= 0.6 is 0 Å². The van der Waals surface area contributed by atoms with Gasteiger partial charge in [0.1, 0.15) is 17.1 Å². The molecule has 0 saturated carbocycles. The van der Waals surface area contributed by atoms with Crippen LogP contribution in [0.2, 0.25) is 0 Å². The minimum absolute atomic E-state index is 0.255. The first-order chi connectivity index (χ1) is 16.0. The van der Waals surface area contributed by atoms with Crippen LogP contribution in [0.25, 0.3) is 16.6 Å². The maximum atomic E-state index is 13.8. The maximum absolute atomic E-state index is 13.8. The van der Waals surface area contributed by atoms with Crippen molar-refractivity contribution in [2.24, 2.45) is 5.92 Å². The number of nitrogens with zero attached hydrogens (tertiary/aromatic N) is 4. The van der Waals surface area contributed by atoms with Crippen molar-refractivity contribution in [3.8, 4) is 5.75 Å². The van der Waals surface area contributed by atoms with Gasteiger partial charge in [0, 0.05) is 18.2 Å². The molecule has 0 atom stereocenters. The molecule has 2 aromatic carbocycles. The fraction of sp³-hybridized carbons (Fsp3) is 0.481. The van der Waals surface area contributed by atoms with Crippen molar-refractivity contribution in [1.29, 1.82) is 0 Å². The molecule has 1 saturated heterocycles. The number of aryl methyl sites for hydroxylation is 2. The van der Waals surface area contributed by atoms with Gasteiger partial charge in [-0.05, 0) is 100 Å². The fourth-order valence-corrected chi connectivity index (χ4v) is 5.01. The monoisotopic (exact) mass is 450 g/mol. The highest BCUT2D eigenvalue weighted by molar-refractivity contribution is 5.75. The Hall–Kier alpha value is -2.73. The largest absolute Gasteiger partial charge is 0.496 e. The number of aromatic nitrogens is 3. The number of piperidine rings is 1. The minimum Gasteiger partial charge on any atom is -0.496 e. The molecule has 0 radical (unpaired) electrons. The molecule has 1 aromatic heterocycles. The third-order valence-corrected chi connectivity index (χ3v) is 6.95. The first-order valence-corrected chi connectivity index (χ1v) is 12.1. The normalized spacial score (nSPS) is 16.3. The van der Waals surface area contributed by atoms with E-state index in [-0.39, 0.29) is 5.82 Å². The topological polar surface area (TPSA) is 43.2 Å². The van der Waals surface area contributed by atoms with Gasteiger partial charge in [-0.1, -0.05) is 23.8 Å². The van der Waals surface area contributed by atoms with E-state index in [1.807, 2.05) is 16.8 Å². The summed E-state index contributed by atoms with van der Waals surface area (Å²) in [5, 5.41) is 8.63. The quantitative estimate of drug-likeness (QED) is 0.430. The average molecular weight is 451 g/mol. The summed E-state index contributed by atoms with van der Waals surface area (Å²) in [6, 6.07) is 11.2. The molecule has 0 bridgehead atoms. The van der Waals surface area contributed by atoms with Gasteiger partial charge in [0.2, 0.25) is 0 Å². The molecule has 0 aliphatic carbocycles. The van der Waals surface area contributed by atoms with Gasteiger partial charge in [-0.15, -0.1) is 5.10 Å². The van der Waals surface area contributed by atoms with Crippen molar-refractivity contribution in [2.45, 2.75) is 53.0 Å². The molecule has 1 fully saturated rings. The summed E-state index contributed by atoms with van der Waals surface area (Å²) < 4.78 is 21.4. The SMILES string of the molecule is CCC(C)=C(c1ccc(F)cc1OC)C1CCN(CCCn2nnc3ccc(C)cc32)CC1. The summed E-state index contributed by atoms with van der Waals surface area (Å²) >= 11 is 0. The van der Waals surface area contributed by atoms with Gasteiger partial charge in [-0.25, -0.2) is 9.07 Å². The molecule has 1 aliphatic heterocycles. The Bertz CT molecular complexity index is 1130. The molecule has 33 heavy (non-hydrogen) atoms. The summed E-state index contributed by atoms with van der Waals surface area (Å²) in [5.41, 5.74) is 7.07. The number of likely N-dealkylation sites (tertiary alicyclic amines) is 1. The lowest BCUT2D eigenvalue weighted by atomic mass is 9.81. The summed E-state index contributed by atoms with van der Waals surface area (Å²) in [6.07, 6.45) is 4.26. The lowest BCUT2D eigenvalue weighted by Gasteiger charge is -2.34. The molecule has 176 valence electrons. The Balaban J connectivity index is 1.37. The number of benzene rings is 2. The van der Waals surface area contributed by atoms with E-state index in [0.717, 1.165) is 68.5 Å². The van der Waals surface area contributed by atoms with E-state index in [9.17, 15) is 4.39 Å². The van der Waals surface area contributed by atoms with E-state index in [1.165, 1.54) is 22.8 Å². The van der Waals surface area contributed by atoms with E-state index >= 15 is 0 Å². The molecule has 0 N–H and O–H groups in total. The molecule has 4 rings (SSSR count). The average Bonchev–Trinajstić information content (AvgIpc) is 3.22. The van der Waals surface area contributed by atoms with Gasteiger partial charge in [0.25, 0.3) is 0 Å². The third kappa shape index (κ3) is 5.27. The highest BCUT2D eigenvalue weighted by Crippen LogP contribution is 2.39. The second-order valence-corrected chi connectivity index (χ2v) is 9.17. The number of hydrogen-bond acceptors (Lipinski definition) is 4. The molecule has 2 heterocycles. The van der Waals surface area contributed by atoms with E-state index in [2.05, 4.69) is 48.1 Å². The van der Waals surface area contributed by atoms with Crippen molar-refractivity contribution in [3.63, 3.8) is 0 Å². The standard InChI is InChI=1S/C27H35FN4O/c1-5-20(3)27(23-9-8-22(28)18-26(23)33-4)21-11-15-31(16-12-21)13-6-14-32-25-17-19(2)7-10-24(25)29-30-32/h7-10,17-18,21H,5-6,11-16H2,1-4H3. The van der Waals surface area contributed by atoms with Crippen LogP contribution in [-0.2, 0) is 6.54 Å². The van der Waals surface area contributed by atoms with Crippen molar-refractivity contribution >= 4 is 16.6 Å². The highest BCUT2D eigenvalue weighted by atomic mass is 19.1. The smallest absolute Gasteiger partial charge is 0.129 e. The first kappa shape index (κ1) is 23.4. The van der Waals surface area contributed by atoms with Gasteiger partial charge < -0.3 is 9.64 Å². The lowest BCUT2D eigenvalue weighted by Crippen LogP contribution is -2.35. The van der Waals surface area contributed by atoms with E-state index in [4.69, 9.17) is 4.74 Å². The van der Waals surface area contributed by atoms with Crippen LogP contribution < -0.4 is 4.74 Å². The number of fused-ring (bicyclic) bond motifs is 1. The van der Waals surface area contributed by atoms with Crippen LogP contribution in [-0.4, -0.2) is 46.6 Å². The van der Waals surface area contributed by atoms with Crippen LogP contribution in [0.15, 0.2) is 42.0 Å². The van der Waals surface area contributed by atoms with Gasteiger partial charge in [0.15, 0.2) is 0 Å². The van der Waals surface area contributed by atoms with Crippen LogP contribution in [0.5, 0.6) is 5.75 Å². The first-order valence-electron chi connectivity index (χ1n) is 12.1. The predicted molar refractivity (Wildman–Crippen MR) is 132 cm³/mol. The molecule has 5 nitrogen and oxygen atoms in total. The van der Waals surface area contributed by atoms with Gasteiger partial charge in [-0.2, -0.15) is 0 Å². The summed E-state index contributed by atoms with van der Waals surface area (Å²) in [5.74, 6) is 0.854. The Morgan fingerprint density at radius 3 is 2.64 bits per heavy atom. The number of ether oxygens (including phenoxy) is 1. The third-order valence-electron chi connectivity index (χ3n) is 6.95. The summed E-state index contributed by atoms with van der Waals surface area (Å²) in [6.45, 7) is 10.6. The van der Waals surface area contributed by atoms with Crippen molar-refractivity contribution in [2.75, 3.05) is 26.7 Å². The predicted octanol–water partition coefficient (Wildman–Crippen LogP) is 5.87. The Morgan fingerprint density at radius 1 is 1.12 bits per heavy atom. The summed E-state index contributed by atoms with van der Waals surface area (Å²) in [4.78, 5) is 2.56. The number of allylic oxidation sites excluding steroid dienone is 2. The zero-order valence-electron chi connectivity index (χ0n) is 20.3. The van der Waals surface area contributed by atoms with Crippen LogP contribution in [0, 0.1) is 18.7 Å². The number of methoxy groups -OCH3 is 1. The van der Waals surface area contributed by atoms with Crippen LogP contribution in [0.1, 0.15) is 50.7 Å². The van der Waals surface area contributed by atoms with Crippen LogP contribution in [0.3, 0.4) is 0 Å². The van der Waals surface area contributed by atoms with Crippen molar-refractivity contribution in [1.82, 2.24) is 19.9 Å². The summed E-state index contributed by atoms with van der Waals surface area (Å²) in [7, 11) is 1.62. The molecule has 1 aliphatic rings. The second kappa shape index (κ2) is 10.5. The Labute approximate surface area is 196 Å². The number of hydrogen-bond donors (Lipinski definition) is 0. The number of halogens is 1. The highest BCUT2D eigenvalue weighted by Gasteiger charge is 2.26. The van der Waals surface area contributed by atoms with Gasteiger partial charge >= 0.3 is 0 Å². The Kier molecular flexibility index (Phi) is 7.43. The van der Waals surface area contributed by atoms with Gasteiger partial charge in [0.05, 0.1) is 12.6 Å². The zero-order valence-corrected chi connectivity index (χ0v) is 20.3. The molecule has 3 aromatic rings. The van der Waals surface area contributed by atoms with E-state index < -0.39 is 0 Å². The molecular weight excluding hydrogens is 415 g/mol. The Morgan fingerprint density at radius 2 is 1.91 bits per heavy atom. The van der Waals surface area contributed by atoms with E-state index in [0.29, 0.717) is 11.7 Å². The second-order valence-electron chi connectivity index (χ2n) is 9.17. The van der Waals surface area contributed by atoms with Crippen molar-refractivity contribution < 1.29 is 9.13 Å². The molecule has 0 spiro atoms.